The minimum atomic E-state index is -0.394. The summed E-state index contributed by atoms with van der Waals surface area (Å²) in [4.78, 5) is 16.7. The number of aliphatic hydroxyl groups is 1. The maximum atomic E-state index is 12.5. The summed E-state index contributed by atoms with van der Waals surface area (Å²) >= 11 is 0. The average Bonchev–Trinajstić information content (AvgIpc) is 2.86. The molecule has 24 heavy (non-hydrogen) atoms. The molecule has 5 heteroatoms. The van der Waals surface area contributed by atoms with Crippen molar-refractivity contribution in [3.8, 4) is 11.8 Å². The topological polar surface area (TPSA) is 82.7 Å². The van der Waals surface area contributed by atoms with Gasteiger partial charge in [-0.25, -0.2) is 4.99 Å². The van der Waals surface area contributed by atoms with Crippen LogP contribution in [0.5, 0.6) is 5.75 Å². The van der Waals surface area contributed by atoms with Crippen LogP contribution in [0.2, 0.25) is 0 Å². The molecular weight excluding hydrogens is 304 g/mol. The highest BCUT2D eigenvalue weighted by Gasteiger charge is 2.32. The fourth-order valence-corrected chi connectivity index (χ4v) is 2.53. The van der Waals surface area contributed by atoms with Gasteiger partial charge in [0, 0.05) is 11.1 Å². The highest BCUT2D eigenvalue weighted by molar-refractivity contribution is 6.39. The Morgan fingerprint density at radius 2 is 1.83 bits per heavy atom. The lowest BCUT2D eigenvalue weighted by molar-refractivity contribution is 0.104. The van der Waals surface area contributed by atoms with Crippen LogP contribution in [0.3, 0.4) is 0 Å². The number of benzene rings is 2. The van der Waals surface area contributed by atoms with E-state index in [1.54, 1.807) is 48.5 Å². The summed E-state index contributed by atoms with van der Waals surface area (Å²) in [6.45, 7) is 2.44. The molecule has 1 aliphatic carbocycles. The average molecular weight is 318 g/mol. The van der Waals surface area contributed by atoms with E-state index in [9.17, 15) is 15.2 Å². The molecule has 5 nitrogen and oxygen atoms in total. The van der Waals surface area contributed by atoms with Crippen molar-refractivity contribution in [3.63, 3.8) is 0 Å². The van der Waals surface area contributed by atoms with E-state index in [4.69, 9.17) is 4.74 Å². The van der Waals surface area contributed by atoms with Crippen LogP contribution in [-0.2, 0) is 0 Å². The number of fused-ring (bicyclic) bond motifs is 1. The molecule has 0 unspecified atom stereocenters. The fraction of sp³-hybridized carbons (Fsp3) is 0.105. The van der Waals surface area contributed by atoms with Gasteiger partial charge >= 0.3 is 0 Å². The first-order valence-corrected chi connectivity index (χ1v) is 7.45. The number of carbonyl (C=O) groups excluding carboxylic acids is 1. The summed E-state index contributed by atoms with van der Waals surface area (Å²) in [5.74, 6) is 0.0949. The molecule has 3 rings (SSSR count). The summed E-state index contributed by atoms with van der Waals surface area (Å²) in [6.07, 6.45) is 0. The highest BCUT2D eigenvalue weighted by atomic mass is 16.5. The number of Topliss-reactive ketones (excluding diaryl/α,β-unsaturated/α-hetero) is 1. The third kappa shape index (κ3) is 2.66. The third-order valence-electron chi connectivity index (χ3n) is 3.62. The van der Waals surface area contributed by atoms with E-state index in [0.29, 0.717) is 29.2 Å². The van der Waals surface area contributed by atoms with Crippen LogP contribution in [0, 0.1) is 11.3 Å². The lowest BCUT2D eigenvalue weighted by Gasteiger charge is -2.03. The zero-order chi connectivity index (χ0) is 17.1. The Labute approximate surface area is 139 Å². The molecule has 0 atom stereocenters. The Hall–Kier alpha value is -3.39. The van der Waals surface area contributed by atoms with Gasteiger partial charge in [0.05, 0.1) is 12.3 Å². The zero-order valence-corrected chi connectivity index (χ0v) is 13.0. The summed E-state index contributed by atoms with van der Waals surface area (Å²) in [5, 5.41) is 19.7. The molecule has 0 aliphatic heterocycles. The van der Waals surface area contributed by atoms with Gasteiger partial charge in [0.15, 0.2) is 11.5 Å². The van der Waals surface area contributed by atoms with Crippen LogP contribution in [0.25, 0.3) is 5.76 Å². The molecule has 0 aromatic heterocycles. The Kier molecular flexibility index (Phi) is 4.13. The van der Waals surface area contributed by atoms with Gasteiger partial charge in [-0.1, -0.05) is 24.3 Å². The van der Waals surface area contributed by atoms with Gasteiger partial charge in [0.1, 0.15) is 23.2 Å². The zero-order valence-electron chi connectivity index (χ0n) is 13.0. The predicted octanol–water partition coefficient (Wildman–Crippen LogP) is 3.85. The van der Waals surface area contributed by atoms with Gasteiger partial charge in [0.25, 0.3) is 0 Å². The third-order valence-corrected chi connectivity index (χ3v) is 3.62. The maximum absolute atomic E-state index is 12.5. The van der Waals surface area contributed by atoms with E-state index in [1.165, 1.54) is 0 Å². The molecule has 0 spiro atoms. The lowest BCUT2D eigenvalue weighted by Crippen LogP contribution is -2.08. The Morgan fingerprint density at radius 1 is 1.17 bits per heavy atom. The van der Waals surface area contributed by atoms with Crippen molar-refractivity contribution in [3.05, 3.63) is 65.2 Å². The monoisotopic (exact) mass is 318 g/mol. The number of rotatable bonds is 4. The Morgan fingerprint density at radius 3 is 2.42 bits per heavy atom. The number of aliphatic imine (C=N–C) groups is 1. The van der Waals surface area contributed by atoms with Crippen LogP contribution in [0.4, 0.5) is 5.69 Å². The van der Waals surface area contributed by atoms with Crippen molar-refractivity contribution in [1.29, 1.82) is 5.26 Å². The first kappa shape index (κ1) is 15.5. The molecule has 0 saturated heterocycles. The summed E-state index contributed by atoms with van der Waals surface area (Å²) in [6, 6.07) is 15.4. The van der Waals surface area contributed by atoms with Gasteiger partial charge in [-0.15, -0.1) is 0 Å². The predicted molar refractivity (Wildman–Crippen MR) is 90.6 cm³/mol. The molecule has 2 aromatic rings. The second-order valence-corrected chi connectivity index (χ2v) is 5.10. The minimum absolute atomic E-state index is 0.0624. The number of allylic oxidation sites excluding steroid dienone is 1. The quantitative estimate of drug-likeness (QED) is 0.868. The number of hydrogen-bond donors (Lipinski definition) is 1. The number of nitriles is 1. The highest BCUT2D eigenvalue weighted by Crippen LogP contribution is 2.32. The van der Waals surface area contributed by atoms with Crippen LogP contribution in [-0.4, -0.2) is 23.2 Å². The standard InChI is InChI=1S/C19H14N2O3/c1-2-24-13-9-7-12(8-10-13)21-16(11-20)17-18(22)14-5-3-4-6-15(14)19(17)23/h3-10,22H,2H2,1H3. The molecule has 0 fully saturated rings. The normalized spacial score (nSPS) is 13.7. The molecule has 0 amide bonds. The fourth-order valence-electron chi connectivity index (χ4n) is 2.53. The SMILES string of the molecule is CCOc1ccc(N=C(C#N)C2=C(O)c3ccccc3C2=O)cc1. The van der Waals surface area contributed by atoms with E-state index in [0.717, 1.165) is 0 Å². The molecule has 2 aromatic carbocycles. The second-order valence-electron chi connectivity index (χ2n) is 5.10. The van der Waals surface area contributed by atoms with Gasteiger partial charge in [-0.3, -0.25) is 4.79 Å². The van der Waals surface area contributed by atoms with Crippen LogP contribution >= 0.6 is 0 Å². The van der Waals surface area contributed by atoms with Gasteiger partial charge in [-0.2, -0.15) is 5.26 Å². The molecule has 0 saturated carbocycles. The molecule has 1 N–H and O–H groups in total. The van der Waals surface area contributed by atoms with Crippen LogP contribution in [0.1, 0.15) is 22.8 Å². The minimum Gasteiger partial charge on any atom is -0.506 e. The van der Waals surface area contributed by atoms with Gasteiger partial charge in [0.2, 0.25) is 0 Å². The van der Waals surface area contributed by atoms with Crippen molar-refractivity contribution in [2.45, 2.75) is 6.92 Å². The lowest BCUT2D eigenvalue weighted by atomic mass is 10.1. The van der Waals surface area contributed by atoms with Crippen LogP contribution < -0.4 is 4.74 Å². The molecule has 0 radical (unpaired) electrons. The number of hydrogen-bond acceptors (Lipinski definition) is 5. The van der Waals surface area contributed by atoms with E-state index in [1.807, 2.05) is 13.0 Å². The Bertz CT molecular complexity index is 903. The van der Waals surface area contributed by atoms with Crippen LogP contribution in [0.15, 0.2) is 59.1 Å². The molecule has 1 aliphatic rings. The number of nitrogens with zero attached hydrogens (tertiary/aromatic N) is 2. The second kappa shape index (κ2) is 6.39. The number of ether oxygens (including phenoxy) is 1. The molecular formula is C19H14N2O3. The van der Waals surface area contributed by atoms with E-state index in [2.05, 4.69) is 4.99 Å². The van der Waals surface area contributed by atoms with Gasteiger partial charge in [-0.05, 0) is 31.2 Å². The first-order chi connectivity index (χ1) is 11.7. The molecule has 0 heterocycles. The Balaban J connectivity index is 2.00. The van der Waals surface area contributed by atoms with Gasteiger partial charge < -0.3 is 9.84 Å². The van der Waals surface area contributed by atoms with E-state index in [-0.39, 0.29) is 17.0 Å². The largest absolute Gasteiger partial charge is 0.506 e. The van der Waals surface area contributed by atoms with Crippen molar-refractivity contribution in [2.75, 3.05) is 6.61 Å². The number of ketones is 1. The summed E-state index contributed by atoms with van der Waals surface area (Å²) in [5.41, 5.74) is 1.12. The summed E-state index contributed by atoms with van der Waals surface area (Å²) < 4.78 is 5.35. The molecule has 0 bridgehead atoms. The number of carbonyl (C=O) groups is 1. The smallest absolute Gasteiger partial charge is 0.200 e. The van der Waals surface area contributed by atoms with Crippen molar-refractivity contribution in [2.24, 2.45) is 4.99 Å². The number of aliphatic hydroxyl groups excluding tert-OH is 1. The maximum Gasteiger partial charge on any atom is 0.200 e. The first-order valence-electron chi connectivity index (χ1n) is 7.45. The van der Waals surface area contributed by atoms with E-state index < -0.39 is 5.78 Å². The van der Waals surface area contributed by atoms with Crippen molar-refractivity contribution in [1.82, 2.24) is 0 Å². The van der Waals surface area contributed by atoms with Crippen molar-refractivity contribution >= 4 is 22.9 Å². The van der Waals surface area contributed by atoms with Crippen molar-refractivity contribution < 1.29 is 14.6 Å². The summed E-state index contributed by atoms with van der Waals surface area (Å²) in [7, 11) is 0. The molecule has 118 valence electrons. The van der Waals surface area contributed by atoms with E-state index >= 15 is 0 Å².